The molecule has 1 saturated carbocycles. The number of hydrogen-bond donors (Lipinski definition) is 5. The Hall–Kier alpha value is -5.69. The van der Waals surface area contributed by atoms with Crippen molar-refractivity contribution in [3.63, 3.8) is 0 Å². The fraction of sp³-hybridized carbons (Fsp3) is 0.400. The third kappa shape index (κ3) is 11.3. The van der Waals surface area contributed by atoms with E-state index < -0.39 is 49.8 Å². The molecule has 3 fully saturated rings. The van der Waals surface area contributed by atoms with Gasteiger partial charge in [0.05, 0.1) is 28.3 Å². The second kappa shape index (κ2) is 19.8. The van der Waals surface area contributed by atoms with Crippen LogP contribution < -0.4 is 25.6 Å². The molecular formula is C45H53N7O9S2. The van der Waals surface area contributed by atoms with Crippen LogP contribution in [0.5, 0.6) is 0 Å². The second-order valence-corrected chi connectivity index (χ2v) is 20.0. The fourth-order valence-corrected chi connectivity index (χ4v) is 11.5. The number of piperidine rings is 1. The number of carboxylic acid groups (broad SMARTS) is 1. The van der Waals surface area contributed by atoms with Gasteiger partial charge < -0.3 is 26.0 Å². The molecule has 2 saturated heterocycles. The van der Waals surface area contributed by atoms with Gasteiger partial charge in [-0.25, -0.2) is 26.5 Å². The Kier molecular flexibility index (Phi) is 14.2. The van der Waals surface area contributed by atoms with Crippen molar-refractivity contribution in [3.8, 4) is 0 Å². The van der Waals surface area contributed by atoms with Crippen molar-refractivity contribution < 1.29 is 41.1 Å². The average Bonchev–Trinajstić information content (AvgIpc) is 3.64. The lowest BCUT2D eigenvalue weighted by atomic mass is 9.86. The molecule has 3 heterocycles. The number of carbonyl (C=O) groups excluding carboxylic acids is 3. The number of pyridine rings is 1. The maximum atomic E-state index is 14.0. The molecule has 0 radical (unpaired) electrons. The molecule has 7 rings (SSSR count). The van der Waals surface area contributed by atoms with Gasteiger partial charge in [-0.3, -0.25) is 19.2 Å². The monoisotopic (exact) mass is 899 g/mol. The summed E-state index contributed by atoms with van der Waals surface area (Å²) in [6.45, 7) is 3.66. The highest BCUT2D eigenvalue weighted by molar-refractivity contribution is 7.89. The maximum absolute atomic E-state index is 14.0. The summed E-state index contributed by atoms with van der Waals surface area (Å²) in [5, 5.41) is 17.9. The maximum Gasteiger partial charge on any atom is 0.306 e. The number of rotatable bonds is 15. The molecule has 1 atom stereocenters. The van der Waals surface area contributed by atoms with Gasteiger partial charge in [-0.2, -0.15) is 4.31 Å². The molecule has 4 aromatic rings. The zero-order chi connectivity index (χ0) is 44.7. The Morgan fingerprint density at radius 3 is 2.10 bits per heavy atom. The largest absolute Gasteiger partial charge is 0.481 e. The Morgan fingerprint density at radius 2 is 1.48 bits per heavy atom. The van der Waals surface area contributed by atoms with E-state index in [1.165, 1.54) is 28.6 Å². The van der Waals surface area contributed by atoms with Gasteiger partial charge in [0.1, 0.15) is 5.82 Å². The number of aliphatic carboxylic acids is 1. The molecule has 334 valence electrons. The first-order valence-corrected chi connectivity index (χ1v) is 24.5. The molecule has 3 amide bonds. The van der Waals surface area contributed by atoms with E-state index in [1.54, 1.807) is 43.3 Å². The van der Waals surface area contributed by atoms with Crippen LogP contribution in [0.25, 0.3) is 0 Å². The van der Waals surface area contributed by atoms with Gasteiger partial charge in [-0.1, -0.05) is 37.3 Å². The van der Waals surface area contributed by atoms with Crippen LogP contribution >= 0.6 is 0 Å². The molecule has 1 aliphatic carbocycles. The van der Waals surface area contributed by atoms with Crippen molar-refractivity contribution in [2.75, 3.05) is 47.5 Å². The highest BCUT2D eigenvalue weighted by atomic mass is 32.2. The summed E-state index contributed by atoms with van der Waals surface area (Å²) in [6, 6.07) is 22.9. The minimum atomic E-state index is -4.03. The lowest BCUT2D eigenvalue weighted by Gasteiger charge is -2.34. The molecular weight excluding hydrogens is 847 g/mol. The SMILES string of the molecule is CCN(C1CCC(C(=O)O)CC1)S(=O)(=O)c1cccc(C(=O)Nc2ccc(N3CCCCC3)nc2C(=O)Nc2ccc(CCc3ccc(C(=O)NC4CNS(=O)(=O)C4)cc3)cc2)c1. The number of amides is 3. The van der Waals surface area contributed by atoms with E-state index in [0.29, 0.717) is 55.6 Å². The fourth-order valence-electron chi connectivity index (χ4n) is 8.41. The van der Waals surface area contributed by atoms with Gasteiger partial charge in [-0.15, -0.1) is 0 Å². The minimum absolute atomic E-state index is 0.00420. The number of aromatic nitrogens is 1. The predicted molar refractivity (Wildman–Crippen MR) is 239 cm³/mol. The highest BCUT2D eigenvalue weighted by Crippen LogP contribution is 2.32. The Labute approximate surface area is 368 Å². The summed E-state index contributed by atoms with van der Waals surface area (Å²) in [5.41, 5.74) is 3.20. The van der Waals surface area contributed by atoms with Crippen LogP contribution in [0.2, 0.25) is 0 Å². The lowest BCUT2D eigenvalue weighted by Crippen LogP contribution is -2.42. The topological polar surface area (TPSA) is 224 Å². The summed E-state index contributed by atoms with van der Waals surface area (Å²) < 4.78 is 54.9. The van der Waals surface area contributed by atoms with E-state index in [2.05, 4.69) is 25.6 Å². The van der Waals surface area contributed by atoms with Crippen molar-refractivity contribution in [1.82, 2.24) is 19.3 Å². The number of nitrogens with one attached hydrogen (secondary N) is 4. The zero-order valence-electron chi connectivity index (χ0n) is 35.1. The third-order valence-corrected chi connectivity index (χ3v) is 15.4. The number of benzene rings is 3. The van der Waals surface area contributed by atoms with Crippen LogP contribution in [-0.2, 0) is 37.7 Å². The molecule has 1 unspecified atom stereocenters. The number of sulfonamides is 2. The number of carbonyl (C=O) groups is 4. The summed E-state index contributed by atoms with van der Waals surface area (Å²) >= 11 is 0. The van der Waals surface area contributed by atoms with E-state index in [9.17, 15) is 41.1 Å². The van der Waals surface area contributed by atoms with Crippen LogP contribution in [0.4, 0.5) is 17.2 Å². The van der Waals surface area contributed by atoms with E-state index in [-0.39, 0.29) is 52.6 Å². The van der Waals surface area contributed by atoms with Gasteiger partial charge in [0, 0.05) is 49.0 Å². The van der Waals surface area contributed by atoms with Crippen LogP contribution in [0, 0.1) is 5.92 Å². The third-order valence-electron chi connectivity index (χ3n) is 11.9. The number of anilines is 3. The summed E-state index contributed by atoms with van der Waals surface area (Å²) in [6.07, 6.45) is 6.10. The van der Waals surface area contributed by atoms with E-state index in [1.807, 2.05) is 24.3 Å². The smallest absolute Gasteiger partial charge is 0.306 e. The molecule has 2 aliphatic heterocycles. The van der Waals surface area contributed by atoms with E-state index in [0.717, 1.165) is 43.5 Å². The molecule has 3 aromatic carbocycles. The number of nitrogens with zero attached hydrogens (tertiary/aromatic N) is 3. The Balaban J connectivity index is 1.01. The van der Waals surface area contributed by atoms with Crippen molar-refractivity contribution in [2.45, 2.75) is 81.7 Å². The molecule has 5 N–H and O–H groups in total. The zero-order valence-corrected chi connectivity index (χ0v) is 36.7. The molecule has 1 aromatic heterocycles. The number of carboxylic acids is 1. The van der Waals surface area contributed by atoms with E-state index in [4.69, 9.17) is 4.98 Å². The lowest BCUT2D eigenvalue weighted by molar-refractivity contribution is -0.143. The van der Waals surface area contributed by atoms with E-state index >= 15 is 0 Å². The van der Waals surface area contributed by atoms with Crippen LogP contribution in [-0.4, -0.2) is 98.9 Å². The standard InChI is InChI=1S/C45H53N7O9S2/c1-2-52(37-21-17-33(18-22-37)45(56)57)63(60,61)38-8-6-7-34(27-38)43(54)49-39-23-24-40(51-25-4-3-5-26-51)50-41(39)44(55)47-35-19-13-31(14-20-35)10-9-30-11-15-32(16-12-30)42(53)48-36-28-46-62(58,59)29-36/h6-8,11-16,19-20,23-24,27,33,36-37,46H,2-5,9-10,17-18,21-22,25-26,28-29H2,1H3,(H,47,55)(H,48,53)(H,49,54)(H,56,57). The van der Waals surface area contributed by atoms with Gasteiger partial charge in [0.25, 0.3) is 17.7 Å². The quantitative estimate of drug-likeness (QED) is 0.106. The van der Waals surface area contributed by atoms with Gasteiger partial charge >= 0.3 is 5.97 Å². The second-order valence-electron chi connectivity index (χ2n) is 16.3. The molecule has 63 heavy (non-hydrogen) atoms. The number of hydrogen-bond acceptors (Lipinski definition) is 10. The molecule has 16 nitrogen and oxygen atoms in total. The van der Waals surface area contributed by atoms with Crippen LogP contribution in [0.3, 0.4) is 0 Å². The number of aryl methyl sites for hydroxylation is 2. The summed E-state index contributed by atoms with van der Waals surface area (Å²) in [4.78, 5) is 58.7. The Morgan fingerprint density at radius 1 is 0.810 bits per heavy atom. The molecule has 0 bridgehead atoms. The van der Waals surface area contributed by atoms with Gasteiger partial charge in [-0.05, 0) is 124 Å². The van der Waals surface area contributed by atoms with Crippen molar-refractivity contribution >= 4 is 60.9 Å². The van der Waals surface area contributed by atoms with Crippen molar-refractivity contribution in [2.24, 2.45) is 5.92 Å². The van der Waals surface area contributed by atoms with Crippen LogP contribution in [0.15, 0.2) is 89.8 Å². The summed E-state index contributed by atoms with van der Waals surface area (Å²) in [5.74, 6) is -2.40. The first-order valence-electron chi connectivity index (χ1n) is 21.4. The predicted octanol–water partition coefficient (Wildman–Crippen LogP) is 5.05. The van der Waals surface area contributed by atoms with Crippen molar-refractivity contribution in [1.29, 1.82) is 0 Å². The average molecular weight is 900 g/mol. The summed E-state index contributed by atoms with van der Waals surface area (Å²) in [7, 11) is -7.37. The van der Waals surface area contributed by atoms with Gasteiger partial charge in [0.2, 0.25) is 20.0 Å². The first kappa shape index (κ1) is 45.3. The Bertz CT molecular complexity index is 2540. The molecule has 18 heteroatoms. The highest BCUT2D eigenvalue weighted by Gasteiger charge is 2.35. The van der Waals surface area contributed by atoms with Crippen LogP contribution in [0.1, 0.15) is 94.2 Å². The minimum Gasteiger partial charge on any atom is -0.481 e. The normalized spacial score (nSPS) is 19.9. The van der Waals surface area contributed by atoms with Gasteiger partial charge in [0.15, 0.2) is 5.69 Å². The van der Waals surface area contributed by atoms with Crippen molar-refractivity contribution in [3.05, 3.63) is 113 Å². The first-order chi connectivity index (χ1) is 30.2. The molecule has 3 aliphatic rings. The molecule has 0 spiro atoms.